The number of nitrogens with one attached hydrogen (secondary N) is 2. The van der Waals surface area contributed by atoms with E-state index in [1.165, 1.54) is 0 Å². The summed E-state index contributed by atoms with van der Waals surface area (Å²) in [5.74, 6) is 0.238. The number of ether oxygens (including phenoxy) is 1. The highest BCUT2D eigenvalue weighted by molar-refractivity contribution is 5.97. The maximum atomic E-state index is 12.3. The highest BCUT2D eigenvalue weighted by Crippen LogP contribution is 2.14. The summed E-state index contributed by atoms with van der Waals surface area (Å²) < 4.78 is 5.70. The minimum Gasteiger partial charge on any atom is -0.489 e. The zero-order valence-corrected chi connectivity index (χ0v) is 13.9. The first-order valence-corrected chi connectivity index (χ1v) is 7.89. The lowest BCUT2D eigenvalue weighted by molar-refractivity contribution is -0.120. The van der Waals surface area contributed by atoms with E-state index in [9.17, 15) is 9.59 Å². The van der Waals surface area contributed by atoms with Crippen LogP contribution in [-0.2, 0) is 11.4 Å². The number of para-hydroxylation sites is 1. The Morgan fingerprint density at radius 1 is 1.00 bits per heavy atom. The van der Waals surface area contributed by atoms with Crippen LogP contribution in [0, 0.1) is 0 Å². The monoisotopic (exact) mass is 326 g/mol. The van der Waals surface area contributed by atoms with E-state index in [1.54, 1.807) is 12.1 Å². The molecule has 0 saturated heterocycles. The fraction of sp³-hybridized carbons (Fsp3) is 0.263. The Balaban J connectivity index is 1.97. The zero-order chi connectivity index (χ0) is 17.4. The summed E-state index contributed by atoms with van der Waals surface area (Å²) in [7, 11) is 0. The number of amides is 2. The number of benzene rings is 2. The van der Waals surface area contributed by atoms with Crippen LogP contribution in [0.2, 0.25) is 0 Å². The van der Waals surface area contributed by atoms with Gasteiger partial charge in [-0.3, -0.25) is 9.59 Å². The molecule has 5 nitrogen and oxygen atoms in total. The number of hydrogen-bond donors (Lipinski definition) is 2. The van der Waals surface area contributed by atoms with Gasteiger partial charge in [0.2, 0.25) is 5.91 Å². The van der Waals surface area contributed by atoms with Crippen molar-refractivity contribution in [2.75, 3.05) is 6.54 Å². The summed E-state index contributed by atoms with van der Waals surface area (Å²) in [4.78, 5) is 24.0. The van der Waals surface area contributed by atoms with E-state index in [-0.39, 0.29) is 31.0 Å². The van der Waals surface area contributed by atoms with E-state index in [0.717, 1.165) is 11.3 Å². The first-order chi connectivity index (χ1) is 11.6. The van der Waals surface area contributed by atoms with Gasteiger partial charge < -0.3 is 15.4 Å². The molecule has 2 amide bonds. The van der Waals surface area contributed by atoms with E-state index in [0.29, 0.717) is 5.56 Å². The maximum absolute atomic E-state index is 12.3. The van der Waals surface area contributed by atoms with Gasteiger partial charge in [-0.1, -0.05) is 36.4 Å². The molecule has 0 unspecified atom stereocenters. The van der Waals surface area contributed by atoms with Crippen molar-refractivity contribution >= 4 is 11.8 Å². The molecule has 2 aromatic rings. The maximum Gasteiger partial charge on any atom is 0.252 e. The lowest BCUT2D eigenvalue weighted by atomic mass is 10.1. The third kappa shape index (κ3) is 5.43. The first kappa shape index (κ1) is 17.5. The Labute approximate surface area is 142 Å². The van der Waals surface area contributed by atoms with E-state index in [2.05, 4.69) is 10.6 Å². The van der Waals surface area contributed by atoms with Gasteiger partial charge in [0.1, 0.15) is 12.4 Å². The van der Waals surface area contributed by atoms with E-state index in [4.69, 9.17) is 4.74 Å². The Morgan fingerprint density at radius 3 is 2.38 bits per heavy atom. The first-order valence-electron chi connectivity index (χ1n) is 7.89. The molecular formula is C19H22N2O3. The van der Waals surface area contributed by atoms with Gasteiger partial charge in [-0.15, -0.1) is 0 Å². The summed E-state index contributed by atoms with van der Waals surface area (Å²) >= 11 is 0. The molecule has 0 atom stereocenters. The van der Waals surface area contributed by atoms with Crippen LogP contribution in [0.15, 0.2) is 54.6 Å². The second kappa shape index (κ2) is 8.72. The van der Waals surface area contributed by atoms with Crippen LogP contribution in [-0.4, -0.2) is 24.4 Å². The van der Waals surface area contributed by atoms with Gasteiger partial charge in [-0.25, -0.2) is 0 Å². The molecule has 126 valence electrons. The number of hydrogen-bond acceptors (Lipinski definition) is 3. The topological polar surface area (TPSA) is 67.4 Å². The SMILES string of the molecule is CC(C)NC(=O)CNC(=O)c1ccccc1COc1ccccc1. The van der Waals surface area contributed by atoms with Crippen LogP contribution in [0.25, 0.3) is 0 Å². The summed E-state index contributed by atoms with van der Waals surface area (Å²) in [5.41, 5.74) is 1.27. The van der Waals surface area contributed by atoms with Crippen LogP contribution >= 0.6 is 0 Å². The van der Waals surface area contributed by atoms with Gasteiger partial charge in [0, 0.05) is 17.2 Å². The molecule has 0 saturated carbocycles. The minimum atomic E-state index is -0.291. The molecule has 0 radical (unpaired) electrons. The number of rotatable bonds is 7. The van der Waals surface area contributed by atoms with Crippen LogP contribution in [0.3, 0.4) is 0 Å². The Bertz CT molecular complexity index is 684. The van der Waals surface area contributed by atoms with Crippen LogP contribution < -0.4 is 15.4 Å². The molecule has 2 N–H and O–H groups in total. The van der Waals surface area contributed by atoms with Gasteiger partial charge in [-0.05, 0) is 32.0 Å². The predicted octanol–water partition coefficient (Wildman–Crippen LogP) is 2.52. The average Bonchev–Trinajstić information content (AvgIpc) is 2.58. The number of carbonyl (C=O) groups is 2. The molecule has 2 aromatic carbocycles. The fourth-order valence-electron chi connectivity index (χ4n) is 2.17. The van der Waals surface area contributed by atoms with E-state index in [1.807, 2.05) is 56.3 Å². The molecule has 0 aromatic heterocycles. The molecule has 0 aliphatic carbocycles. The summed E-state index contributed by atoms with van der Waals surface area (Å²) in [5, 5.41) is 5.37. The van der Waals surface area contributed by atoms with Crippen molar-refractivity contribution in [2.45, 2.75) is 26.5 Å². The smallest absolute Gasteiger partial charge is 0.252 e. The molecule has 0 aliphatic heterocycles. The number of carbonyl (C=O) groups excluding carboxylic acids is 2. The third-order valence-corrected chi connectivity index (χ3v) is 3.26. The molecule has 0 heterocycles. The van der Waals surface area contributed by atoms with Crippen molar-refractivity contribution in [1.82, 2.24) is 10.6 Å². The second-order valence-corrected chi connectivity index (χ2v) is 5.66. The molecule has 24 heavy (non-hydrogen) atoms. The molecule has 0 aliphatic rings. The summed E-state index contributed by atoms with van der Waals surface area (Å²) in [6, 6.07) is 16.7. The van der Waals surface area contributed by atoms with Gasteiger partial charge in [0.15, 0.2) is 0 Å². The van der Waals surface area contributed by atoms with Crippen LogP contribution in [0.1, 0.15) is 29.8 Å². The van der Waals surface area contributed by atoms with Crippen molar-refractivity contribution in [1.29, 1.82) is 0 Å². The largest absolute Gasteiger partial charge is 0.489 e. The lowest BCUT2D eigenvalue weighted by Crippen LogP contribution is -2.40. The Hall–Kier alpha value is -2.82. The van der Waals surface area contributed by atoms with Gasteiger partial charge in [-0.2, -0.15) is 0 Å². The Morgan fingerprint density at radius 2 is 1.67 bits per heavy atom. The predicted molar refractivity (Wildman–Crippen MR) is 92.8 cm³/mol. The fourth-order valence-corrected chi connectivity index (χ4v) is 2.17. The van der Waals surface area contributed by atoms with Crippen molar-refractivity contribution in [3.8, 4) is 5.75 Å². The van der Waals surface area contributed by atoms with E-state index < -0.39 is 0 Å². The van der Waals surface area contributed by atoms with Crippen molar-refractivity contribution in [3.05, 3.63) is 65.7 Å². The third-order valence-electron chi connectivity index (χ3n) is 3.26. The van der Waals surface area contributed by atoms with E-state index >= 15 is 0 Å². The highest BCUT2D eigenvalue weighted by atomic mass is 16.5. The van der Waals surface area contributed by atoms with Crippen molar-refractivity contribution < 1.29 is 14.3 Å². The van der Waals surface area contributed by atoms with Gasteiger partial charge in [0.05, 0.1) is 6.54 Å². The molecule has 2 rings (SSSR count). The molecule has 0 spiro atoms. The normalized spacial score (nSPS) is 10.3. The molecule has 5 heteroatoms. The summed E-state index contributed by atoms with van der Waals surface area (Å²) in [6.45, 7) is 3.97. The lowest BCUT2D eigenvalue weighted by Gasteiger charge is -2.12. The van der Waals surface area contributed by atoms with Gasteiger partial charge >= 0.3 is 0 Å². The van der Waals surface area contributed by atoms with Crippen LogP contribution in [0.5, 0.6) is 5.75 Å². The molecule has 0 fully saturated rings. The van der Waals surface area contributed by atoms with Crippen molar-refractivity contribution in [2.24, 2.45) is 0 Å². The van der Waals surface area contributed by atoms with Crippen molar-refractivity contribution in [3.63, 3.8) is 0 Å². The van der Waals surface area contributed by atoms with Crippen LogP contribution in [0.4, 0.5) is 0 Å². The highest BCUT2D eigenvalue weighted by Gasteiger charge is 2.13. The quantitative estimate of drug-likeness (QED) is 0.821. The second-order valence-electron chi connectivity index (χ2n) is 5.66. The Kier molecular flexibility index (Phi) is 6.37. The standard InChI is InChI=1S/C19H22N2O3/c1-14(2)21-18(22)12-20-19(23)17-11-7-6-8-15(17)13-24-16-9-4-3-5-10-16/h3-11,14H,12-13H2,1-2H3,(H,20,23)(H,21,22). The minimum absolute atomic E-state index is 0.0426. The van der Waals surface area contributed by atoms with Gasteiger partial charge in [0.25, 0.3) is 5.91 Å². The molecule has 0 bridgehead atoms. The summed E-state index contributed by atoms with van der Waals surface area (Å²) in [6.07, 6.45) is 0. The zero-order valence-electron chi connectivity index (χ0n) is 13.9. The molecular weight excluding hydrogens is 304 g/mol. The average molecular weight is 326 g/mol.